The van der Waals surface area contributed by atoms with Crippen molar-refractivity contribution in [3.63, 3.8) is 0 Å². The molecule has 9 heteroatoms. The van der Waals surface area contributed by atoms with Crippen LogP contribution in [0.2, 0.25) is 0 Å². The fourth-order valence-corrected chi connectivity index (χ4v) is 5.52. The van der Waals surface area contributed by atoms with Gasteiger partial charge in [-0.3, -0.25) is 14.7 Å². The minimum absolute atomic E-state index is 0.242. The number of halogens is 3. The summed E-state index contributed by atoms with van der Waals surface area (Å²) < 4.78 is 52.7. The van der Waals surface area contributed by atoms with E-state index >= 15 is 0 Å². The first-order chi connectivity index (χ1) is 14.2. The Bertz CT molecular complexity index is 999. The Hall–Kier alpha value is -2.96. The largest absolute Gasteiger partial charge is 0.416 e. The highest BCUT2D eigenvalue weighted by Gasteiger charge is 2.34. The average molecular weight is 434 g/mol. The van der Waals surface area contributed by atoms with Gasteiger partial charge in [-0.1, -0.05) is 48.5 Å². The van der Waals surface area contributed by atoms with Gasteiger partial charge in [-0.05, 0) is 42.0 Å². The molecule has 0 spiro atoms. The zero-order valence-corrected chi connectivity index (χ0v) is 16.5. The molecule has 3 rings (SSSR count). The van der Waals surface area contributed by atoms with E-state index in [1.54, 1.807) is 60.7 Å². The van der Waals surface area contributed by atoms with Crippen molar-refractivity contribution in [3.05, 3.63) is 106 Å². The topological polar surface area (TPSA) is 72.2 Å². The lowest BCUT2D eigenvalue weighted by atomic mass is 10.1. The molecule has 0 aliphatic rings. The number of hydrogen-bond acceptors (Lipinski definition) is 3. The van der Waals surface area contributed by atoms with Gasteiger partial charge in [-0.15, -0.1) is 0 Å². The van der Waals surface area contributed by atoms with Crippen molar-refractivity contribution in [2.24, 2.45) is 0 Å². The van der Waals surface area contributed by atoms with Crippen molar-refractivity contribution in [2.45, 2.75) is 12.2 Å². The summed E-state index contributed by atoms with van der Waals surface area (Å²) in [5.74, 6) is 0. The Kier molecular flexibility index (Phi) is 6.39. The molecule has 1 N–H and O–H groups in total. The molecule has 1 atom stereocenters. The SMILES string of the molecule is O=[N+]([O-])C[C@H](NP(=O)(c1ccccc1)c1ccccc1)c1ccc(C(F)(F)F)cc1. The third kappa shape index (κ3) is 4.96. The molecule has 0 radical (unpaired) electrons. The van der Waals surface area contributed by atoms with E-state index in [2.05, 4.69) is 5.09 Å². The van der Waals surface area contributed by atoms with Gasteiger partial charge in [0, 0.05) is 15.5 Å². The van der Waals surface area contributed by atoms with Crippen LogP contribution in [0.15, 0.2) is 84.9 Å². The summed E-state index contributed by atoms with van der Waals surface area (Å²) in [6.45, 7) is -0.644. The van der Waals surface area contributed by atoms with Gasteiger partial charge < -0.3 is 0 Å². The Morgan fingerprint density at radius 1 is 0.867 bits per heavy atom. The lowest BCUT2D eigenvalue weighted by molar-refractivity contribution is -0.483. The van der Waals surface area contributed by atoms with Gasteiger partial charge in [0.25, 0.3) is 0 Å². The van der Waals surface area contributed by atoms with Crippen molar-refractivity contribution in [1.82, 2.24) is 5.09 Å². The van der Waals surface area contributed by atoms with Gasteiger partial charge in [0.1, 0.15) is 6.04 Å². The van der Waals surface area contributed by atoms with Gasteiger partial charge >= 0.3 is 6.18 Å². The number of rotatable bonds is 7. The van der Waals surface area contributed by atoms with Gasteiger partial charge in [0.2, 0.25) is 13.8 Å². The molecule has 0 aliphatic heterocycles. The Morgan fingerprint density at radius 3 is 1.73 bits per heavy atom. The van der Waals surface area contributed by atoms with Crippen LogP contribution in [0.25, 0.3) is 0 Å². The fourth-order valence-electron chi connectivity index (χ4n) is 3.07. The van der Waals surface area contributed by atoms with Crippen LogP contribution in [0.3, 0.4) is 0 Å². The summed E-state index contributed by atoms with van der Waals surface area (Å²) in [4.78, 5) is 10.7. The van der Waals surface area contributed by atoms with Crippen LogP contribution < -0.4 is 15.7 Å². The van der Waals surface area contributed by atoms with Crippen molar-refractivity contribution >= 4 is 17.9 Å². The first-order valence-corrected chi connectivity index (χ1v) is 10.7. The van der Waals surface area contributed by atoms with Crippen LogP contribution in [0.5, 0.6) is 0 Å². The molecule has 30 heavy (non-hydrogen) atoms. The second-order valence-corrected chi connectivity index (χ2v) is 9.11. The van der Waals surface area contributed by atoms with Gasteiger partial charge in [-0.2, -0.15) is 13.2 Å². The molecule has 3 aromatic carbocycles. The van der Waals surface area contributed by atoms with Crippen LogP contribution in [0.1, 0.15) is 17.2 Å². The van der Waals surface area contributed by atoms with E-state index in [1.165, 1.54) is 12.1 Å². The molecule has 0 aliphatic carbocycles. The maximum absolute atomic E-state index is 14.1. The Balaban J connectivity index is 2.04. The first-order valence-electron chi connectivity index (χ1n) is 8.98. The molecule has 0 amide bonds. The van der Waals surface area contributed by atoms with Crippen LogP contribution in [-0.4, -0.2) is 11.5 Å². The molecule has 5 nitrogen and oxygen atoms in total. The lowest BCUT2D eigenvalue weighted by Crippen LogP contribution is -2.33. The van der Waals surface area contributed by atoms with Gasteiger partial charge in [0.15, 0.2) is 0 Å². The summed E-state index contributed by atoms with van der Waals surface area (Å²) in [6.07, 6.45) is -4.52. The molecule has 0 saturated heterocycles. The number of hydrogen-bond donors (Lipinski definition) is 1. The van der Waals surface area contributed by atoms with E-state index in [4.69, 9.17) is 0 Å². The number of nitrogens with one attached hydrogen (secondary N) is 1. The summed E-state index contributed by atoms with van der Waals surface area (Å²) >= 11 is 0. The van der Waals surface area contributed by atoms with Crippen molar-refractivity contribution in [1.29, 1.82) is 0 Å². The highest BCUT2D eigenvalue weighted by molar-refractivity contribution is 7.76. The third-order valence-electron chi connectivity index (χ3n) is 4.55. The van der Waals surface area contributed by atoms with E-state index in [0.717, 1.165) is 12.1 Å². The quantitative estimate of drug-likeness (QED) is 0.337. The number of benzene rings is 3. The summed E-state index contributed by atoms with van der Waals surface area (Å²) in [7, 11) is -3.52. The number of nitro groups is 1. The van der Waals surface area contributed by atoms with Gasteiger partial charge in [-0.25, -0.2) is 5.09 Å². The second-order valence-electron chi connectivity index (χ2n) is 6.60. The minimum Gasteiger partial charge on any atom is -0.296 e. The molecule has 0 bridgehead atoms. The molecular weight excluding hydrogens is 416 g/mol. The van der Waals surface area contributed by atoms with Crippen LogP contribution in [0, 0.1) is 10.1 Å². The molecular formula is C21H18F3N2O3P. The fraction of sp³-hybridized carbons (Fsp3) is 0.143. The van der Waals surface area contributed by atoms with E-state index in [0.29, 0.717) is 10.6 Å². The summed E-state index contributed by atoms with van der Waals surface area (Å²) in [6, 6.07) is 19.9. The van der Waals surface area contributed by atoms with Crippen molar-refractivity contribution in [2.75, 3.05) is 6.54 Å². The zero-order valence-electron chi connectivity index (χ0n) is 15.6. The second kappa shape index (κ2) is 8.81. The Morgan fingerprint density at radius 2 is 1.33 bits per heavy atom. The van der Waals surface area contributed by atoms with Crippen LogP contribution in [0.4, 0.5) is 13.2 Å². The van der Waals surface area contributed by atoms with E-state index in [1.807, 2.05) is 0 Å². The summed E-state index contributed by atoms with van der Waals surface area (Å²) in [5, 5.41) is 15.0. The number of nitrogens with zero attached hydrogens (tertiary/aromatic N) is 1. The number of alkyl halides is 3. The molecule has 0 unspecified atom stereocenters. The van der Waals surface area contributed by atoms with Crippen molar-refractivity contribution in [3.8, 4) is 0 Å². The zero-order chi connectivity index (χ0) is 21.8. The van der Waals surface area contributed by atoms with Gasteiger partial charge in [0.05, 0.1) is 5.56 Å². The average Bonchev–Trinajstić information content (AvgIpc) is 2.73. The van der Waals surface area contributed by atoms with E-state index in [9.17, 15) is 27.9 Å². The highest BCUT2D eigenvalue weighted by Crippen LogP contribution is 2.42. The van der Waals surface area contributed by atoms with E-state index < -0.39 is 36.5 Å². The Labute approximate surface area is 171 Å². The predicted molar refractivity (Wildman–Crippen MR) is 109 cm³/mol. The normalized spacial score (nSPS) is 13.0. The molecule has 0 aromatic heterocycles. The smallest absolute Gasteiger partial charge is 0.296 e. The minimum atomic E-state index is -4.52. The van der Waals surface area contributed by atoms with E-state index in [-0.39, 0.29) is 5.56 Å². The molecule has 3 aromatic rings. The summed E-state index contributed by atoms with van der Waals surface area (Å²) in [5.41, 5.74) is -0.618. The molecule has 0 heterocycles. The standard InChI is InChI=1S/C21H18F3N2O3P/c22-21(23,24)17-13-11-16(12-14-17)20(15-26(27)28)25-30(29,18-7-3-1-4-8-18)19-9-5-2-6-10-19/h1-14,20H,15H2,(H,25,29)/t20-/m0/s1. The maximum Gasteiger partial charge on any atom is 0.416 e. The maximum atomic E-state index is 14.1. The van der Waals surface area contributed by atoms with Crippen LogP contribution in [-0.2, 0) is 10.7 Å². The molecule has 0 fully saturated rings. The third-order valence-corrected chi connectivity index (χ3v) is 7.28. The molecule has 156 valence electrons. The molecule has 0 saturated carbocycles. The predicted octanol–water partition coefficient (Wildman–Crippen LogP) is 4.54. The first kappa shape index (κ1) is 21.7. The highest BCUT2D eigenvalue weighted by atomic mass is 31.2. The monoisotopic (exact) mass is 434 g/mol. The van der Waals surface area contributed by atoms with Crippen LogP contribution >= 0.6 is 7.29 Å². The van der Waals surface area contributed by atoms with Crippen molar-refractivity contribution < 1.29 is 22.7 Å². The lowest BCUT2D eigenvalue weighted by Gasteiger charge is -2.25.